The Kier molecular flexibility index (Phi) is 6.83. The second-order valence-corrected chi connectivity index (χ2v) is 13.0. The van der Waals surface area contributed by atoms with Gasteiger partial charge in [-0.05, 0) is 73.8 Å². The molecule has 178 valence electrons. The summed E-state index contributed by atoms with van der Waals surface area (Å²) >= 11 is 0.820. The van der Waals surface area contributed by atoms with Crippen molar-refractivity contribution in [2.75, 3.05) is 23.7 Å². The average molecular weight is 583 g/mol. The third kappa shape index (κ3) is 4.94. The highest BCUT2D eigenvalue weighted by Gasteiger charge is 2.50. The Morgan fingerprint density at radius 3 is 2.64 bits per heavy atom. The largest absolute Gasteiger partial charge is 0.598 e. The molecule has 2 heterocycles. The van der Waals surface area contributed by atoms with E-state index in [1.165, 1.54) is 11.1 Å². The molecule has 1 saturated heterocycles. The number of hydrogen-bond acceptors (Lipinski definition) is 7. The molecule has 0 bridgehead atoms. The van der Waals surface area contributed by atoms with Gasteiger partial charge in [-0.15, -0.1) is 4.72 Å². The minimum atomic E-state index is -1.18. The van der Waals surface area contributed by atoms with E-state index in [1.807, 2.05) is 49.4 Å². The van der Waals surface area contributed by atoms with E-state index >= 15 is 0 Å². The summed E-state index contributed by atoms with van der Waals surface area (Å²) in [6, 6.07) is 8.45. The fourth-order valence-electron chi connectivity index (χ4n) is 4.78. The third-order valence-electron chi connectivity index (χ3n) is 6.60. The number of benzene rings is 1. The van der Waals surface area contributed by atoms with Crippen LogP contribution in [0.3, 0.4) is 0 Å². The Bertz CT molecular complexity index is 1050. The van der Waals surface area contributed by atoms with Crippen molar-refractivity contribution < 1.29 is 14.5 Å². The van der Waals surface area contributed by atoms with Crippen LogP contribution in [0.4, 0.5) is 11.8 Å². The van der Waals surface area contributed by atoms with Crippen LogP contribution in [0.1, 0.15) is 56.5 Å². The minimum Gasteiger partial charge on any atom is -0.598 e. The van der Waals surface area contributed by atoms with E-state index in [0.717, 1.165) is 32.4 Å². The van der Waals surface area contributed by atoms with Crippen molar-refractivity contribution in [3.05, 3.63) is 44.7 Å². The van der Waals surface area contributed by atoms with Gasteiger partial charge < -0.3 is 20.3 Å². The Morgan fingerprint density at radius 1 is 1.33 bits per heavy atom. The van der Waals surface area contributed by atoms with Crippen LogP contribution in [0.25, 0.3) is 0 Å². The lowest BCUT2D eigenvalue weighted by Crippen LogP contribution is -2.50. The van der Waals surface area contributed by atoms with Gasteiger partial charge in [-0.25, -0.2) is 4.98 Å². The summed E-state index contributed by atoms with van der Waals surface area (Å²) in [5.74, 6) is -0.151. The van der Waals surface area contributed by atoms with Crippen molar-refractivity contribution in [3.8, 4) is 0 Å². The summed E-state index contributed by atoms with van der Waals surface area (Å²) in [4.78, 5) is 22.3. The van der Waals surface area contributed by atoms with E-state index < -0.39 is 17.3 Å². The number of nitrogens with zero attached hydrogens (tertiary/aromatic N) is 3. The highest BCUT2D eigenvalue weighted by atomic mass is 127. The van der Waals surface area contributed by atoms with Crippen LogP contribution >= 0.6 is 22.6 Å². The molecular weight excluding hydrogens is 553 g/mol. The third-order valence-corrected chi connectivity index (χ3v) is 9.33. The molecule has 4 N–H and O–H groups in total. The first kappa shape index (κ1) is 24.5. The first-order valence-corrected chi connectivity index (χ1v) is 13.3. The Labute approximate surface area is 211 Å². The Hall–Kier alpha value is -1.63. The van der Waals surface area contributed by atoms with Crippen LogP contribution in [0, 0.1) is 8.99 Å². The molecule has 1 aromatic heterocycles. The van der Waals surface area contributed by atoms with Crippen LogP contribution < -0.4 is 15.4 Å². The summed E-state index contributed by atoms with van der Waals surface area (Å²) in [6.45, 7) is 7.40. The molecule has 0 radical (unpaired) electrons. The van der Waals surface area contributed by atoms with Gasteiger partial charge >= 0.3 is 5.97 Å². The molecule has 10 heteroatoms. The van der Waals surface area contributed by atoms with E-state index in [-0.39, 0.29) is 22.6 Å². The molecule has 0 saturated carbocycles. The number of carboxylic acid groups (broad SMARTS) is 1. The van der Waals surface area contributed by atoms with E-state index in [1.54, 1.807) is 0 Å². The van der Waals surface area contributed by atoms with E-state index in [2.05, 4.69) is 37.8 Å². The molecular formula is C23H30IN5O3S. The molecule has 0 amide bonds. The maximum absolute atomic E-state index is 13.0. The SMILES string of the molecule is CC(C)(C)[S+]([O-])N[C@@H]1c2ccccc2CC12CCN(c1nc(N)c(I)c(CC(=O)O)n1)CC2. The molecule has 2 atom stereocenters. The quantitative estimate of drug-likeness (QED) is 0.362. The second kappa shape index (κ2) is 9.20. The molecule has 1 unspecified atom stereocenters. The van der Waals surface area contributed by atoms with Crippen LogP contribution in [0.2, 0.25) is 0 Å². The molecule has 2 aliphatic rings. The normalized spacial score (nSPS) is 20.6. The van der Waals surface area contributed by atoms with Gasteiger partial charge in [0.2, 0.25) is 5.95 Å². The van der Waals surface area contributed by atoms with Crippen molar-refractivity contribution >= 4 is 51.7 Å². The molecule has 4 rings (SSSR count). The summed E-state index contributed by atoms with van der Waals surface area (Å²) in [6.07, 6.45) is 2.51. The maximum atomic E-state index is 13.0. The smallest absolute Gasteiger partial charge is 0.309 e. The zero-order chi connectivity index (χ0) is 24.0. The van der Waals surface area contributed by atoms with Gasteiger partial charge in [0.15, 0.2) is 0 Å². The van der Waals surface area contributed by atoms with Crippen LogP contribution in [-0.2, 0) is 29.0 Å². The zero-order valence-electron chi connectivity index (χ0n) is 19.1. The number of aromatic nitrogens is 2. The number of aliphatic carboxylic acids is 1. The maximum Gasteiger partial charge on any atom is 0.309 e. The monoisotopic (exact) mass is 583 g/mol. The number of nitrogen functional groups attached to an aromatic ring is 1. The Morgan fingerprint density at radius 2 is 2.00 bits per heavy atom. The van der Waals surface area contributed by atoms with E-state index in [4.69, 9.17) is 5.73 Å². The molecule has 1 spiro atoms. The minimum absolute atomic E-state index is 0.0150. The van der Waals surface area contributed by atoms with Gasteiger partial charge in [0.25, 0.3) is 0 Å². The number of nitrogens with one attached hydrogen (secondary N) is 1. The zero-order valence-corrected chi connectivity index (χ0v) is 22.1. The van der Waals surface area contributed by atoms with Crippen molar-refractivity contribution in [2.24, 2.45) is 5.41 Å². The van der Waals surface area contributed by atoms with Crippen LogP contribution in [0.5, 0.6) is 0 Å². The highest BCUT2D eigenvalue weighted by Crippen LogP contribution is 2.52. The first-order chi connectivity index (χ1) is 15.5. The van der Waals surface area contributed by atoms with Crippen LogP contribution in [0.15, 0.2) is 24.3 Å². The van der Waals surface area contributed by atoms with Crippen molar-refractivity contribution in [2.45, 2.75) is 57.2 Å². The fourth-order valence-corrected chi connectivity index (χ4v) is 6.16. The molecule has 1 aliphatic carbocycles. The number of anilines is 2. The standard InChI is InChI=1S/C23H30IN5O3S/c1-22(2,3)33(32)28-19-15-7-5-4-6-14(15)13-23(19)8-10-29(11-9-23)21-26-16(12-17(30)31)18(24)20(25)27-21/h4-7,19,28H,8-13H2,1-3H3,(H,30,31)(H2,25,26,27)/t19-,33?/m1/s1. The number of halogens is 1. The molecule has 1 fully saturated rings. The molecule has 33 heavy (non-hydrogen) atoms. The lowest BCUT2D eigenvalue weighted by molar-refractivity contribution is -0.136. The molecule has 2 aromatic rings. The number of carboxylic acids is 1. The molecule has 1 aliphatic heterocycles. The molecule has 8 nitrogen and oxygen atoms in total. The van der Waals surface area contributed by atoms with Crippen LogP contribution in [-0.4, -0.2) is 43.4 Å². The fraction of sp³-hybridized carbons (Fsp3) is 0.522. The second-order valence-electron chi connectivity index (χ2n) is 9.90. The predicted octanol–water partition coefficient (Wildman–Crippen LogP) is 3.23. The van der Waals surface area contributed by atoms with Gasteiger partial charge in [0.1, 0.15) is 10.6 Å². The van der Waals surface area contributed by atoms with Crippen molar-refractivity contribution in [3.63, 3.8) is 0 Å². The van der Waals surface area contributed by atoms with Gasteiger partial charge in [-0.3, -0.25) is 4.79 Å². The summed E-state index contributed by atoms with van der Waals surface area (Å²) in [7, 11) is 0. The van der Waals surface area contributed by atoms with Gasteiger partial charge in [0.05, 0.1) is 21.7 Å². The van der Waals surface area contributed by atoms with Gasteiger partial charge in [-0.2, -0.15) is 4.98 Å². The van der Waals surface area contributed by atoms with E-state index in [9.17, 15) is 14.5 Å². The van der Waals surface area contributed by atoms with Gasteiger partial charge in [0, 0.05) is 29.9 Å². The number of fused-ring (bicyclic) bond motifs is 1. The molecule has 1 aromatic carbocycles. The van der Waals surface area contributed by atoms with Crippen molar-refractivity contribution in [1.29, 1.82) is 0 Å². The number of rotatable bonds is 5. The van der Waals surface area contributed by atoms with E-state index in [0.29, 0.717) is 21.0 Å². The summed E-state index contributed by atoms with van der Waals surface area (Å²) in [5, 5.41) is 9.22. The summed E-state index contributed by atoms with van der Waals surface area (Å²) < 4.78 is 16.8. The first-order valence-electron chi connectivity index (χ1n) is 11.0. The Balaban J connectivity index is 1.57. The summed E-state index contributed by atoms with van der Waals surface area (Å²) in [5.41, 5.74) is 9.03. The average Bonchev–Trinajstić information content (AvgIpc) is 3.03. The highest BCUT2D eigenvalue weighted by molar-refractivity contribution is 14.1. The number of hydrogen-bond donors (Lipinski definition) is 3. The van der Waals surface area contributed by atoms with Crippen molar-refractivity contribution in [1.82, 2.24) is 14.7 Å². The topological polar surface area (TPSA) is 127 Å². The number of carbonyl (C=O) groups is 1. The number of piperidine rings is 1. The lowest BCUT2D eigenvalue weighted by atomic mass is 9.73. The lowest BCUT2D eigenvalue weighted by Gasteiger charge is -2.44. The predicted molar refractivity (Wildman–Crippen MR) is 138 cm³/mol. The van der Waals surface area contributed by atoms with Gasteiger partial charge in [-0.1, -0.05) is 24.3 Å². The number of nitrogens with two attached hydrogens (primary N) is 1.